The lowest BCUT2D eigenvalue weighted by molar-refractivity contribution is -0.140. The van der Waals surface area contributed by atoms with E-state index < -0.39 is 0 Å². The molecule has 0 aliphatic carbocycles. The molecular formula is C25H29NO3S. The van der Waals surface area contributed by atoms with Crippen LogP contribution in [0, 0.1) is 5.41 Å². The number of hydrogen-bond acceptors (Lipinski definition) is 5. The summed E-state index contributed by atoms with van der Waals surface area (Å²) in [6.45, 7) is 12.2. The van der Waals surface area contributed by atoms with E-state index in [1.54, 1.807) is 11.8 Å². The molecule has 4 nitrogen and oxygen atoms in total. The summed E-state index contributed by atoms with van der Waals surface area (Å²) < 4.78 is 11.4. The molecule has 0 atom stereocenters. The van der Waals surface area contributed by atoms with Crippen molar-refractivity contribution < 1.29 is 13.9 Å². The Hall–Kier alpha value is -2.53. The van der Waals surface area contributed by atoms with Crippen molar-refractivity contribution in [2.45, 2.75) is 45.4 Å². The standard InChI is InChI=1S/C25H29NO3S/c1-6-18-10-12-20(21(7-2)26-18)23-13-17-9-11-19(14-22(17)29-23)30-16-25(4,5)15-28-24(27)8-3/h8-14H,3,6-7,15-16H2,1-2,4-5H3. The van der Waals surface area contributed by atoms with E-state index >= 15 is 0 Å². The number of carbonyl (C=O) groups is 1. The van der Waals surface area contributed by atoms with Crippen LogP contribution in [0.5, 0.6) is 0 Å². The molecule has 0 amide bonds. The first kappa shape index (κ1) is 22.2. The Labute approximate surface area is 182 Å². The quantitative estimate of drug-likeness (QED) is 0.224. The molecule has 0 saturated carbocycles. The molecule has 0 radical (unpaired) electrons. The smallest absolute Gasteiger partial charge is 0.330 e. The van der Waals surface area contributed by atoms with Crippen molar-refractivity contribution in [2.24, 2.45) is 5.41 Å². The molecule has 158 valence electrons. The van der Waals surface area contributed by atoms with E-state index in [0.29, 0.717) is 6.61 Å². The van der Waals surface area contributed by atoms with Crippen molar-refractivity contribution in [3.8, 4) is 11.3 Å². The van der Waals surface area contributed by atoms with Crippen molar-refractivity contribution >= 4 is 28.7 Å². The van der Waals surface area contributed by atoms with Crippen LogP contribution in [0.25, 0.3) is 22.3 Å². The monoisotopic (exact) mass is 423 g/mol. The normalized spacial score (nSPS) is 11.6. The molecule has 2 heterocycles. The summed E-state index contributed by atoms with van der Waals surface area (Å²) >= 11 is 1.73. The summed E-state index contributed by atoms with van der Waals surface area (Å²) in [6, 6.07) is 12.6. The molecule has 0 saturated heterocycles. The van der Waals surface area contributed by atoms with Crippen LogP contribution in [0.1, 0.15) is 39.1 Å². The second-order valence-electron chi connectivity index (χ2n) is 8.08. The molecule has 0 fully saturated rings. The van der Waals surface area contributed by atoms with Gasteiger partial charge in [-0.15, -0.1) is 11.8 Å². The maximum atomic E-state index is 11.3. The van der Waals surface area contributed by atoms with Crippen LogP contribution in [-0.2, 0) is 22.4 Å². The zero-order valence-electron chi connectivity index (χ0n) is 18.2. The van der Waals surface area contributed by atoms with Crippen LogP contribution < -0.4 is 0 Å². The van der Waals surface area contributed by atoms with Gasteiger partial charge >= 0.3 is 5.97 Å². The number of esters is 1. The Morgan fingerprint density at radius 1 is 1.20 bits per heavy atom. The number of furan rings is 1. The number of nitrogens with zero attached hydrogens (tertiary/aromatic N) is 1. The summed E-state index contributed by atoms with van der Waals surface area (Å²) in [4.78, 5) is 17.2. The molecule has 0 bridgehead atoms. The number of carbonyl (C=O) groups excluding carboxylic acids is 1. The summed E-state index contributed by atoms with van der Waals surface area (Å²) in [5.74, 6) is 1.29. The van der Waals surface area contributed by atoms with Gasteiger partial charge in [0.15, 0.2) is 0 Å². The fraction of sp³-hybridized carbons (Fsp3) is 0.360. The van der Waals surface area contributed by atoms with Gasteiger partial charge in [0.1, 0.15) is 11.3 Å². The number of ether oxygens (including phenoxy) is 1. The third-order valence-corrected chi connectivity index (χ3v) is 6.40. The van der Waals surface area contributed by atoms with Gasteiger partial charge in [-0.2, -0.15) is 0 Å². The van der Waals surface area contributed by atoms with Crippen LogP contribution in [0.15, 0.2) is 58.4 Å². The van der Waals surface area contributed by atoms with Gasteiger partial charge in [-0.1, -0.05) is 34.3 Å². The zero-order chi connectivity index (χ0) is 21.7. The molecule has 0 aliphatic heterocycles. The van der Waals surface area contributed by atoms with Crippen LogP contribution in [0.2, 0.25) is 0 Å². The summed E-state index contributed by atoms with van der Waals surface area (Å²) in [6.07, 6.45) is 2.99. The highest BCUT2D eigenvalue weighted by atomic mass is 32.2. The maximum Gasteiger partial charge on any atom is 0.330 e. The minimum absolute atomic E-state index is 0.144. The van der Waals surface area contributed by atoms with Crippen molar-refractivity contribution in [3.05, 3.63) is 60.4 Å². The van der Waals surface area contributed by atoms with Gasteiger partial charge in [0.25, 0.3) is 0 Å². The minimum Gasteiger partial charge on any atom is -0.462 e. The van der Waals surface area contributed by atoms with E-state index in [1.807, 2.05) is 0 Å². The van der Waals surface area contributed by atoms with E-state index in [-0.39, 0.29) is 11.4 Å². The van der Waals surface area contributed by atoms with Gasteiger partial charge in [0, 0.05) is 38.8 Å². The van der Waals surface area contributed by atoms with E-state index in [2.05, 4.69) is 70.7 Å². The first-order valence-corrected chi connectivity index (χ1v) is 11.3. The van der Waals surface area contributed by atoms with Gasteiger partial charge in [0.2, 0.25) is 0 Å². The Bertz CT molecular complexity index is 1050. The lowest BCUT2D eigenvalue weighted by Gasteiger charge is -2.23. The number of benzene rings is 1. The summed E-state index contributed by atoms with van der Waals surface area (Å²) in [7, 11) is 0. The van der Waals surface area contributed by atoms with Crippen molar-refractivity contribution in [3.63, 3.8) is 0 Å². The van der Waals surface area contributed by atoms with E-state index in [4.69, 9.17) is 14.1 Å². The molecule has 0 N–H and O–H groups in total. The lowest BCUT2D eigenvalue weighted by Crippen LogP contribution is -2.23. The van der Waals surface area contributed by atoms with E-state index in [9.17, 15) is 4.79 Å². The summed E-state index contributed by atoms with van der Waals surface area (Å²) in [5, 5.41) is 1.08. The second kappa shape index (κ2) is 9.52. The number of pyridine rings is 1. The second-order valence-corrected chi connectivity index (χ2v) is 9.13. The highest BCUT2D eigenvalue weighted by Crippen LogP contribution is 2.34. The number of hydrogen-bond donors (Lipinski definition) is 0. The Morgan fingerprint density at radius 3 is 2.70 bits per heavy atom. The van der Waals surface area contributed by atoms with Crippen molar-refractivity contribution in [1.82, 2.24) is 4.98 Å². The first-order chi connectivity index (χ1) is 14.3. The molecule has 0 spiro atoms. The Kier molecular flexibility index (Phi) is 7.03. The highest BCUT2D eigenvalue weighted by molar-refractivity contribution is 7.99. The number of thioether (sulfide) groups is 1. The van der Waals surface area contributed by atoms with E-state index in [0.717, 1.165) is 57.2 Å². The predicted octanol–water partition coefficient (Wildman–Crippen LogP) is 6.47. The van der Waals surface area contributed by atoms with Gasteiger partial charge in [-0.3, -0.25) is 4.98 Å². The first-order valence-electron chi connectivity index (χ1n) is 10.3. The molecule has 1 aromatic carbocycles. The lowest BCUT2D eigenvalue weighted by atomic mass is 9.98. The molecule has 0 unspecified atom stereocenters. The zero-order valence-corrected chi connectivity index (χ0v) is 19.0. The van der Waals surface area contributed by atoms with Gasteiger partial charge < -0.3 is 9.15 Å². The Morgan fingerprint density at radius 2 is 2.00 bits per heavy atom. The van der Waals surface area contributed by atoms with Crippen molar-refractivity contribution in [1.29, 1.82) is 0 Å². The fourth-order valence-electron chi connectivity index (χ4n) is 3.12. The number of fused-ring (bicyclic) bond motifs is 1. The van der Waals surface area contributed by atoms with Gasteiger partial charge in [-0.25, -0.2) is 4.79 Å². The topological polar surface area (TPSA) is 52.3 Å². The largest absolute Gasteiger partial charge is 0.462 e. The molecule has 30 heavy (non-hydrogen) atoms. The highest BCUT2D eigenvalue weighted by Gasteiger charge is 2.21. The maximum absolute atomic E-state index is 11.3. The molecule has 5 heteroatoms. The molecule has 0 aliphatic rings. The molecular weight excluding hydrogens is 394 g/mol. The number of rotatable bonds is 9. The van der Waals surface area contributed by atoms with Gasteiger partial charge in [0.05, 0.1) is 12.3 Å². The summed E-state index contributed by atoms with van der Waals surface area (Å²) in [5.41, 5.74) is 3.96. The van der Waals surface area contributed by atoms with Crippen LogP contribution in [0.4, 0.5) is 0 Å². The van der Waals surface area contributed by atoms with Crippen molar-refractivity contribution in [2.75, 3.05) is 12.4 Å². The van der Waals surface area contributed by atoms with Crippen LogP contribution in [-0.4, -0.2) is 23.3 Å². The van der Waals surface area contributed by atoms with Crippen LogP contribution in [0.3, 0.4) is 0 Å². The Balaban J connectivity index is 1.76. The average Bonchev–Trinajstić information content (AvgIpc) is 3.18. The SMILES string of the molecule is C=CC(=O)OCC(C)(C)CSc1ccc2cc(-c3ccc(CC)nc3CC)oc2c1. The molecule has 2 aromatic heterocycles. The van der Waals surface area contributed by atoms with Gasteiger partial charge in [-0.05, 0) is 49.2 Å². The fourth-order valence-corrected chi connectivity index (χ4v) is 4.11. The molecule has 3 rings (SSSR count). The third kappa shape index (κ3) is 5.33. The van der Waals surface area contributed by atoms with E-state index in [1.165, 1.54) is 6.08 Å². The minimum atomic E-state index is -0.384. The average molecular weight is 424 g/mol. The number of aromatic nitrogens is 1. The molecule has 3 aromatic rings. The van der Waals surface area contributed by atoms with Crippen LogP contribution >= 0.6 is 11.8 Å². The third-order valence-electron chi connectivity index (χ3n) is 4.89. The number of aryl methyl sites for hydroxylation is 2. The predicted molar refractivity (Wildman–Crippen MR) is 124 cm³/mol.